The largest absolute Gasteiger partial charge is 0.495 e. The summed E-state index contributed by atoms with van der Waals surface area (Å²) in [5.41, 5.74) is 3.60. The molecule has 1 amide bonds. The number of rotatable bonds is 7. The number of halogens is 2. The first kappa shape index (κ1) is 28.7. The van der Waals surface area contributed by atoms with Crippen molar-refractivity contribution in [2.45, 2.75) is 19.9 Å². The van der Waals surface area contributed by atoms with E-state index in [1.165, 1.54) is 20.4 Å². The second-order valence-corrected chi connectivity index (χ2v) is 10.6. The Labute approximate surface area is 248 Å². The van der Waals surface area contributed by atoms with E-state index in [0.717, 1.165) is 31.9 Å². The summed E-state index contributed by atoms with van der Waals surface area (Å²) in [7, 11) is 3.01. The van der Waals surface area contributed by atoms with Gasteiger partial charge in [0.2, 0.25) is 0 Å². The van der Waals surface area contributed by atoms with Crippen LogP contribution >= 0.6 is 23.2 Å². The molecule has 3 aromatic carbocycles. The summed E-state index contributed by atoms with van der Waals surface area (Å²) in [6, 6.07) is 13.3. The van der Waals surface area contributed by atoms with Gasteiger partial charge in [0.05, 0.1) is 24.3 Å². The first-order valence-electron chi connectivity index (χ1n) is 13.2. The molecule has 9 nitrogen and oxygen atoms in total. The average molecular weight is 597 g/mol. The molecule has 0 saturated carbocycles. The van der Waals surface area contributed by atoms with Crippen molar-refractivity contribution in [3.05, 3.63) is 64.9 Å². The molecule has 0 aliphatic carbocycles. The third-order valence-electron chi connectivity index (χ3n) is 7.16. The van der Waals surface area contributed by atoms with E-state index in [9.17, 15) is 4.79 Å². The van der Waals surface area contributed by atoms with Gasteiger partial charge in [-0.3, -0.25) is 15.2 Å². The summed E-state index contributed by atoms with van der Waals surface area (Å²) in [6.07, 6.45) is 2.41. The van der Waals surface area contributed by atoms with Crippen LogP contribution in [0.15, 0.2) is 54.9 Å². The summed E-state index contributed by atoms with van der Waals surface area (Å²) in [5, 5.41) is 3.38. The Morgan fingerprint density at radius 2 is 1.46 bits per heavy atom. The number of nitrogens with zero attached hydrogens (tertiary/aromatic N) is 4. The molecule has 0 radical (unpaired) electrons. The van der Waals surface area contributed by atoms with Crippen LogP contribution in [0.5, 0.6) is 17.2 Å². The predicted molar refractivity (Wildman–Crippen MR) is 163 cm³/mol. The second-order valence-electron chi connectivity index (χ2n) is 9.83. The Balaban J connectivity index is 1.35. The number of anilines is 2. The normalized spacial score (nSPS) is 13.9. The molecular formula is C30H31Cl2N5O4. The van der Waals surface area contributed by atoms with Crippen molar-refractivity contribution in [2.24, 2.45) is 0 Å². The minimum absolute atomic E-state index is 0.232. The minimum atomic E-state index is -0.651. The molecule has 0 unspecified atom stereocenters. The van der Waals surface area contributed by atoms with Crippen molar-refractivity contribution < 1.29 is 19.0 Å². The lowest BCUT2D eigenvalue weighted by Gasteiger charge is -2.38. The number of amides is 1. The molecule has 1 aromatic heterocycles. The number of carbonyl (C=O) groups excluding carboxylic acids is 1. The van der Waals surface area contributed by atoms with E-state index >= 15 is 0 Å². The standard InChI is InChI=1S/C30H31Cl2N5O4/c1-18(2)36-13-15-37(16-14-36)20-7-5-19(6-8-20)35-30(38)41-22-10-9-21(28-29(22)34-12-11-33-28)25-26(31)23(39-3)17-24(40-4)27(25)32/h5-12,17-18H,13-16H2,1-4H3,(H,35,38). The first-order valence-corrected chi connectivity index (χ1v) is 14.0. The monoisotopic (exact) mass is 595 g/mol. The maximum absolute atomic E-state index is 12.9. The molecule has 1 aliphatic heterocycles. The van der Waals surface area contributed by atoms with Crippen LogP contribution in [0.1, 0.15) is 13.8 Å². The smallest absolute Gasteiger partial charge is 0.417 e. The maximum Gasteiger partial charge on any atom is 0.417 e. The van der Waals surface area contributed by atoms with Crippen molar-refractivity contribution in [2.75, 3.05) is 50.6 Å². The van der Waals surface area contributed by atoms with Crippen molar-refractivity contribution in [3.8, 4) is 28.4 Å². The Kier molecular flexibility index (Phi) is 8.68. The Morgan fingerprint density at radius 3 is 2.05 bits per heavy atom. The topological polar surface area (TPSA) is 89.1 Å². The van der Waals surface area contributed by atoms with Gasteiger partial charge in [-0.15, -0.1) is 0 Å². The van der Waals surface area contributed by atoms with E-state index in [0.29, 0.717) is 55.4 Å². The van der Waals surface area contributed by atoms with Crippen LogP contribution in [0.2, 0.25) is 10.0 Å². The SMILES string of the molecule is COc1cc(OC)c(Cl)c(-c2ccc(OC(=O)Nc3ccc(N4CCN(C(C)C)CC4)cc3)c3nccnc23)c1Cl. The van der Waals surface area contributed by atoms with Gasteiger partial charge in [-0.1, -0.05) is 23.2 Å². The molecular weight excluding hydrogens is 565 g/mol. The molecule has 0 bridgehead atoms. The fraction of sp³-hybridized carbons (Fsp3) is 0.300. The Hall–Kier alpha value is -3.79. The molecule has 5 rings (SSSR count). The van der Waals surface area contributed by atoms with Crippen molar-refractivity contribution in [3.63, 3.8) is 0 Å². The number of hydrogen-bond acceptors (Lipinski definition) is 8. The van der Waals surface area contributed by atoms with Crippen LogP contribution in [0.25, 0.3) is 22.2 Å². The zero-order chi connectivity index (χ0) is 29.1. The third-order valence-corrected chi connectivity index (χ3v) is 7.91. The fourth-order valence-electron chi connectivity index (χ4n) is 4.93. The highest BCUT2D eigenvalue weighted by atomic mass is 35.5. The van der Waals surface area contributed by atoms with E-state index in [1.54, 1.807) is 24.4 Å². The molecule has 214 valence electrons. The summed E-state index contributed by atoms with van der Waals surface area (Å²) in [5.74, 6) is 1.02. The minimum Gasteiger partial charge on any atom is -0.495 e. The lowest BCUT2D eigenvalue weighted by Crippen LogP contribution is -2.48. The molecule has 1 saturated heterocycles. The third kappa shape index (κ3) is 5.98. The summed E-state index contributed by atoms with van der Waals surface area (Å²) >= 11 is 13.3. The zero-order valence-electron chi connectivity index (χ0n) is 23.3. The van der Waals surface area contributed by atoms with Crippen LogP contribution in [-0.4, -0.2) is 67.4 Å². The molecule has 1 N–H and O–H groups in total. The van der Waals surface area contributed by atoms with Gasteiger partial charge >= 0.3 is 6.09 Å². The van der Waals surface area contributed by atoms with Gasteiger partial charge < -0.3 is 19.1 Å². The van der Waals surface area contributed by atoms with E-state index in [1.807, 2.05) is 24.3 Å². The number of benzene rings is 3. The Morgan fingerprint density at radius 1 is 0.854 bits per heavy atom. The molecule has 41 heavy (non-hydrogen) atoms. The lowest BCUT2D eigenvalue weighted by molar-refractivity contribution is 0.209. The summed E-state index contributed by atoms with van der Waals surface area (Å²) < 4.78 is 16.5. The molecule has 1 fully saturated rings. The van der Waals surface area contributed by atoms with Gasteiger partial charge in [0.15, 0.2) is 5.75 Å². The van der Waals surface area contributed by atoms with Crippen molar-refractivity contribution in [1.82, 2.24) is 14.9 Å². The van der Waals surface area contributed by atoms with E-state index in [4.69, 9.17) is 37.4 Å². The molecule has 4 aromatic rings. The fourth-order valence-corrected chi connectivity index (χ4v) is 5.64. The number of aromatic nitrogens is 2. The second kappa shape index (κ2) is 12.4. The molecule has 11 heteroatoms. The van der Waals surface area contributed by atoms with Crippen molar-refractivity contribution >= 4 is 51.7 Å². The van der Waals surface area contributed by atoms with Gasteiger partial charge in [-0.2, -0.15) is 0 Å². The van der Waals surface area contributed by atoms with Crippen LogP contribution in [-0.2, 0) is 0 Å². The van der Waals surface area contributed by atoms with E-state index in [2.05, 4.69) is 38.9 Å². The highest BCUT2D eigenvalue weighted by molar-refractivity contribution is 6.41. The number of ether oxygens (including phenoxy) is 3. The number of carbonyl (C=O) groups is 1. The highest BCUT2D eigenvalue weighted by Gasteiger charge is 2.23. The van der Waals surface area contributed by atoms with Gasteiger partial charge in [0.1, 0.15) is 22.5 Å². The molecule has 0 atom stereocenters. The number of piperazine rings is 1. The molecule has 1 aliphatic rings. The van der Waals surface area contributed by atoms with Crippen LogP contribution in [0.3, 0.4) is 0 Å². The average Bonchev–Trinajstić information content (AvgIpc) is 2.99. The van der Waals surface area contributed by atoms with Gasteiger partial charge in [-0.25, -0.2) is 9.78 Å². The van der Waals surface area contributed by atoms with E-state index in [-0.39, 0.29) is 5.75 Å². The van der Waals surface area contributed by atoms with Crippen LogP contribution < -0.4 is 24.4 Å². The maximum atomic E-state index is 12.9. The number of fused-ring (bicyclic) bond motifs is 1. The Bertz CT molecular complexity index is 1530. The summed E-state index contributed by atoms with van der Waals surface area (Å²) in [4.78, 5) is 26.6. The van der Waals surface area contributed by atoms with Crippen molar-refractivity contribution in [1.29, 1.82) is 0 Å². The van der Waals surface area contributed by atoms with E-state index < -0.39 is 6.09 Å². The van der Waals surface area contributed by atoms with Gasteiger partial charge in [-0.05, 0) is 50.2 Å². The number of methoxy groups -OCH3 is 2. The van der Waals surface area contributed by atoms with Gasteiger partial charge in [0, 0.05) is 73.2 Å². The highest BCUT2D eigenvalue weighted by Crippen LogP contribution is 2.48. The number of nitrogens with one attached hydrogen (secondary N) is 1. The number of hydrogen-bond donors (Lipinski definition) is 1. The molecule has 0 spiro atoms. The van der Waals surface area contributed by atoms with Crippen LogP contribution in [0.4, 0.5) is 16.2 Å². The lowest BCUT2D eigenvalue weighted by atomic mass is 10.0. The van der Waals surface area contributed by atoms with Gasteiger partial charge in [0.25, 0.3) is 0 Å². The zero-order valence-corrected chi connectivity index (χ0v) is 24.8. The van der Waals surface area contributed by atoms with Crippen LogP contribution in [0, 0.1) is 0 Å². The summed E-state index contributed by atoms with van der Waals surface area (Å²) in [6.45, 7) is 8.45. The molecule has 2 heterocycles. The predicted octanol–water partition coefficient (Wildman–Crippen LogP) is 6.76. The quantitative estimate of drug-likeness (QED) is 0.250. The first-order chi connectivity index (χ1) is 19.8.